The molecule has 0 radical (unpaired) electrons. The number of nitrogens with zero attached hydrogens (tertiary/aromatic N) is 2. The Kier molecular flexibility index (Phi) is 7.63. The molecule has 2 N–H and O–H groups in total. The quantitative estimate of drug-likeness (QED) is 0.432. The topological polar surface area (TPSA) is 118 Å². The number of nitrogens with one attached hydrogen (secondary N) is 1. The first-order chi connectivity index (χ1) is 17.9. The monoisotopic (exact) mass is 499 g/mol. The fraction of sp³-hybridized carbons (Fsp3) is 0.143. The molecule has 1 heterocycles. The van der Waals surface area contributed by atoms with Gasteiger partial charge in [0.2, 0.25) is 0 Å². The van der Waals surface area contributed by atoms with Crippen molar-refractivity contribution in [3.8, 4) is 11.5 Å². The van der Waals surface area contributed by atoms with Gasteiger partial charge in [-0.25, -0.2) is 4.79 Å². The van der Waals surface area contributed by atoms with E-state index in [0.29, 0.717) is 40.6 Å². The number of amides is 2. The van der Waals surface area contributed by atoms with Gasteiger partial charge in [-0.3, -0.25) is 9.59 Å². The molecule has 0 saturated carbocycles. The maximum Gasteiger partial charge on any atom is 0.335 e. The van der Waals surface area contributed by atoms with Crippen molar-refractivity contribution in [3.63, 3.8) is 0 Å². The van der Waals surface area contributed by atoms with Crippen LogP contribution in [0.1, 0.15) is 28.4 Å². The zero-order valence-electron chi connectivity index (χ0n) is 20.3. The summed E-state index contributed by atoms with van der Waals surface area (Å²) in [5, 5.41) is 17.4. The van der Waals surface area contributed by atoms with Gasteiger partial charge in [0.1, 0.15) is 0 Å². The van der Waals surface area contributed by atoms with Crippen molar-refractivity contribution in [1.82, 2.24) is 5.32 Å². The number of aromatic carboxylic acids is 1. The van der Waals surface area contributed by atoms with Crippen LogP contribution >= 0.6 is 0 Å². The molecule has 3 aromatic rings. The molecule has 2 amide bonds. The number of hydrogen-bond acceptors (Lipinski definition) is 6. The third kappa shape index (κ3) is 6.02. The smallest absolute Gasteiger partial charge is 0.335 e. The number of rotatable bonds is 9. The second-order valence-electron chi connectivity index (χ2n) is 8.17. The van der Waals surface area contributed by atoms with Gasteiger partial charge >= 0.3 is 5.97 Å². The Balaban J connectivity index is 1.42. The molecule has 9 nitrogen and oxygen atoms in total. The van der Waals surface area contributed by atoms with Gasteiger partial charge in [0.25, 0.3) is 11.8 Å². The Morgan fingerprint density at radius 3 is 2.43 bits per heavy atom. The van der Waals surface area contributed by atoms with Gasteiger partial charge in [-0.1, -0.05) is 36.4 Å². The normalized spacial score (nSPS) is 13.9. The zero-order chi connectivity index (χ0) is 26.4. The molecule has 0 aromatic heterocycles. The summed E-state index contributed by atoms with van der Waals surface area (Å²) in [6, 6.07) is 20.6. The highest BCUT2D eigenvalue weighted by atomic mass is 16.5. The molecule has 9 heteroatoms. The highest BCUT2D eigenvalue weighted by molar-refractivity contribution is 6.32. The molecule has 3 aromatic carbocycles. The molecule has 0 saturated heterocycles. The maximum atomic E-state index is 13.0. The van der Waals surface area contributed by atoms with E-state index in [9.17, 15) is 14.4 Å². The van der Waals surface area contributed by atoms with Crippen LogP contribution in [0.5, 0.6) is 11.5 Å². The number of hydrazone groups is 1. The first kappa shape index (κ1) is 25.2. The lowest BCUT2D eigenvalue weighted by Gasteiger charge is -2.12. The number of carbonyl (C=O) groups is 3. The van der Waals surface area contributed by atoms with Crippen molar-refractivity contribution in [2.24, 2.45) is 5.10 Å². The van der Waals surface area contributed by atoms with Crippen LogP contribution in [0.4, 0.5) is 5.69 Å². The number of carboxylic acids is 1. The van der Waals surface area contributed by atoms with Crippen molar-refractivity contribution in [2.45, 2.75) is 13.5 Å². The summed E-state index contributed by atoms with van der Waals surface area (Å²) in [5.41, 5.74) is 3.15. The molecule has 1 aliphatic rings. The molecule has 0 aliphatic carbocycles. The molecule has 188 valence electrons. The van der Waals surface area contributed by atoms with E-state index in [1.807, 2.05) is 30.3 Å². The minimum Gasteiger partial charge on any atom is -0.493 e. The van der Waals surface area contributed by atoms with Crippen molar-refractivity contribution in [2.75, 3.05) is 18.7 Å². The van der Waals surface area contributed by atoms with Crippen LogP contribution in [-0.4, -0.2) is 42.3 Å². The fourth-order valence-electron chi connectivity index (χ4n) is 3.66. The fourth-order valence-corrected chi connectivity index (χ4v) is 3.66. The van der Waals surface area contributed by atoms with E-state index in [1.165, 1.54) is 36.4 Å². The summed E-state index contributed by atoms with van der Waals surface area (Å²) >= 11 is 0. The summed E-state index contributed by atoms with van der Waals surface area (Å²) in [7, 11) is 1.49. The van der Waals surface area contributed by atoms with E-state index in [4.69, 9.17) is 14.6 Å². The minimum atomic E-state index is -1.05. The molecule has 0 bridgehead atoms. The summed E-state index contributed by atoms with van der Waals surface area (Å²) in [4.78, 5) is 36.3. The van der Waals surface area contributed by atoms with Crippen LogP contribution in [0.25, 0.3) is 6.08 Å². The van der Waals surface area contributed by atoms with Crippen molar-refractivity contribution in [1.29, 1.82) is 0 Å². The van der Waals surface area contributed by atoms with Gasteiger partial charge in [0.15, 0.2) is 18.1 Å². The summed E-state index contributed by atoms with van der Waals surface area (Å²) < 4.78 is 11.1. The van der Waals surface area contributed by atoms with Crippen LogP contribution in [0.2, 0.25) is 0 Å². The van der Waals surface area contributed by atoms with Crippen molar-refractivity contribution < 1.29 is 29.0 Å². The minimum absolute atomic E-state index is 0.120. The third-order valence-corrected chi connectivity index (χ3v) is 5.61. The van der Waals surface area contributed by atoms with Gasteiger partial charge in [-0.15, -0.1) is 0 Å². The van der Waals surface area contributed by atoms with E-state index in [0.717, 1.165) is 5.56 Å². The molecule has 0 unspecified atom stereocenters. The van der Waals surface area contributed by atoms with Gasteiger partial charge in [0.05, 0.1) is 29.6 Å². The molecular formula is C28H25N3O6. The Morgan fingerprint density at radius 1 is 1.03 bits per heavy atom. The number of carbonyl (C=O) groups excluding carboxylic acids is 2. The van der Waals surface area contributed by atoms with Crippen molar-refractivity contribution >= 4 is 35.3 Å². The first-order valence-electron chi connectivity index (χ1n) is 11.4. The van der Waals surface area contributed by atoms with E-state index in [-0.39, 0.29) is 24.0 Å². The average molecular weight is 500 g/mol. The summed E-state index contributed by atoms with van der Waals surface area (Å²) in [5.74, 6) is -0.852. The van der Waals surface area contributed by atoms with E-state index in [2.05, 4.69) is 10.4 Å². The van der Waals surface area contributed by atoms with E-state index in [1.54, 1.807) is 31.2 Å². The second-order valence-corrected chi connectivity index (χ2v) is 8.17. The Labute approximate surface area is 213 Å². The molecule has 0 atom stereocenters. The zero-order valence-corrected chi connectivity index (χ0v) is 20.3. The molecule has 0 spiro atoms. The van der Waals surface area contributed by atoms with E-state index < -0.39 is 5.97 Å². The molecule has 4 rings (SSSR count). The number of benzene rings is 3. The predicted molar refractivity (Wildman–Crippen MR) is 139 cm³/mol. The molecular weight excluding hydrogens is 474 g/mol. The lowest BCUT2D eigenvalue weighted by Crippen LogP contribution is -2.28. The summed E-state index contributed by atoms with van der Waals surface area (Å²) in [6.45, 7) is 1.95. The molecule has 1 aliphatic heterocycles. The Morgan fingerprint density at radius 2 is 1.76 bits per heavy atom. The van der Waals surface area contributed by atoms with E-state index >= 15 is 0 Å². The van der Waals surface area contributed by atoms with Gasteiger partial charge in [-0.2, -0.15) is 10.1 Å². The lowest BCUT2D eigenvalue weighted by atomic mass is 10.1. The number of methoxy groups -OCH3 is 1. The first-order valence-corrected chi connectivity index (χ1v) is 11.4. The van der Waals surface area contributed by atoms with Crippen LogP contribution in [0.15, 0.2) is 83.5 Å². The number of hydrogen-bond donors (Lipinski definition) is 2. The largest absolute Gasteiger partial charge is 0.493 e. The number of carboxylic acid groups (broad SMARTS) is 1. The molecule has 0 fully saturated rings. The predicted octanol–water partition coefficient (Wildman–Crippen LogP) is 3.89. The van der Waals surface area contributed by atoms with Crippen molar-refractivity contribution in [3.05, 3.63) is 95.1 Å². The molecule has 37 heavy (non-hydrogen) atoms. The highest BCUT2D eigenvalue weighted by Gasteiger charge is 2.29. The van der Waals surface area contributed by atoms with Gasteiger partial charge in [-0.05, 0) is 60.5 Å². The SMILES string of the molecule is COc1cc(/C=C2/C(=O)N(c3ccc(C(=O)O)cc3)N=C2C)ccc1OCC(=O)NCc1ccccc1. The number of ether oxygens (including phenoxy) is 2. The summed E-state index contributed by atoms with van der Waals surface area (Å²) in [6.07, 6.45) is 1.69. The van der Waals surface area contributed by atoms with Crippen LogP contribution in [0, 0.1) is 0 Å². The van der Waals surface area contributed by atoms with Crippen LogP contribution in [0.3, 0.4) is 0 Å². The third-order valence-electron chi connectivity index (χ3n) is 5.61. The maximum absolute atomic E-state index is 13.0. The van der Waals surface area contributed by atoms with Crippen LogP contribution < -0.4 is 19.8 Å². The number of anilines is 1. The second kappa shape index (κ2) is 11.2. The van der Waals surface area contributed by atoms with Gasteiger partial charge in [0, 0.05) is 6.54 Å². The van der Waals surface area contributed by atoms with Crippen LogP contribution in [-0.2, 0) is 16.1 Å². The Hall–Kier alpha value is -4.92. The Bertz CT molecular complexity index is 1380. The lowest BCUT2D eigenvalue weighted by molar-refractivity contribution is -0.123. The average Bonchev–Trinajstić information content (AvgIpc) is 3.20. The highest BCUT2D eigenvalue weighted by Crippen LogP contribution is 2.30. The standard InChI is InChI=1S/C28H25N3O6/c1-18-23(27(33)31(30-18)22-11-9-21(10-12-22)28(34)35)14-20-8-13-24(25(15-20)36-2)37-17-26(32)29-16-19-6-4-3-5-7-19/h3-15H,16-17H2,1-2H3,(H,29,32)(H,34,35)/b23-14+. The van der Waals surface area contributed by atoms with Gasteiger partial charge < -0.3 is 19.9 Å².